The number of unbranched alkanes of at least 4 members (excludes halogenated alkanes) is 1. The molecule has 3 heteroatoms. The highest BCUT2D eigenvalue weighted by atomic mass is 19.1. The Morgan fingerprint density at radius 3 is 2.08 bits per heavy atom. The van der Waals surface area contributed by atoms with Gasteiger partial charge in [-0.1, -0.05) is 39.0 Å². The number of hydrogen-bond acceptors (Lipinski definition) is 1. The summed E-state index contributed by atoms with van der Waals surface area (Å²) < 4.78 is 32.2. The first-order chi connectivity index (χ1) is 12.7. The van der Waals surface area contributed by atoms with E-state index in [1.165, 1.54) is 82.8 Å². The van der Waals surface area contributed by atoms with E-state index in [0.717, 1.165) is 23.8 Å². The van der Waals surface area contributed by atoms with E-state index in [1.54, 1.807) is 0 Å². The Hall–Kier alpha value is -1.12. The third-order valence-electron chi connectivity index (χ3n) is 6.78. The van der Waals surface area contributed by atoms with Crippen LogP contribution in [0.1, 0.15) is 77.6 Å². The van der Waals surface area contributed by atoms with Gasteiger partial charge >= 0.3 is 0 Å². The summed E-state index contributed by atoms with van der Waals surface area (Å²) in [4.78, 5) is 0. The lowest BCUT2D eigenvalue weighted by Gasteiger charge is -2.37. The maximum Gasteiger partial charge on any atom is 0.167 e. The summed E-state index contributed by atoms with van der Waals surface area (Å²) in [5.41, 5.74) is 0. The minimum Gasteiger partial charge on any atom is -0.490 e. The molecule has 0 aliphatic heterocycles. The Bertz CT molecular complexity index is 543. The SMILES string of the molecule is CCCC[C@H]1CC[C@H](C2CCC(COc3ccc(F)cc3F)CC2)CC1. The molecule has 2 saturated carbocycles. The second-order valence-corrected chi connectivity index (χ2v) is 8.59. The van der Waals surface area contributed by atoms with Crippen LogP contribution in [0, 0.1) is 35.3 Å². The van der Waals surface area contributed by atoms with Gasteiger partial charge in [0, 0.05) is 6.07 Å². The molecule has 0 radical (unpaired) electrons. The summed E-state index contributed by atoms with van der Waals surface area (Å²) in [6.45, 7) is 2.84. The number of benzene rings is 1. The molecule has 2 aliphatic carbocycles. The normalized spacial score (nSPS) is 29.5. The molecule has 146 valence electrons. The third kappa shape index (κ3) is 5.44. The van der Waals surface area contributed by atoms with E-state index in [0.29, 0.717) is 12.5 Å². The van der Waals surface area contributed by atoms with Gasteiger partial charge < -0.3 is 4.74 Å². The van der Waals surface area contributed by atoms with E-state index in [9.17, 15) is 8.78 Å². The quantitative estimate of drug-likeness (QED) is 0.499. The minimum atomic E-state index is -0.599. The molecule has 2 aliphatic rings. The van der Waals surface area contributed by atoms with Gasteiger partial charge in [0.1, 0.15) is 5.82 Å². The topological polar surface area (TPSA) is 9.23 Å². The van der Waals surface area contributed by atoms with Gasteiger partial charge in [0.05, 0.1) is 6.61 Å². The number of ether oxygens (including phenoxy) is 1. The van der Waals surface area contributed by atoms with Gasteiger partial charge in [-0.2, -0.15) is 0 Å². The maximum absolute atomic E-state index is 13.7. The zero-order valence-corrected chi connectivity index (χ0v) is 16.2. The molecule has 0 bridgehead atoms. The standard InChI is InChI=1S/C23H34F2O/c1-2-3-4-17-5-9-19(10-6-17)20-11-7-18(8-12-20)16-26-23-14-13-21(24)15-22(23)25/h13-15,17-20H,2-12,16H2,1H3/t17-,18?,19-,20?. The van der Waals surface area contributed by atoms with Crippen LogP contribution in [0.2, 0.25) is 0 Å². The first kappa shape index (κ1) is 19.6. The van der Waals surface area contributed by atoms with Crippen LogP contribution in [0.5, 0.6) is 5.75 Å². The summed E-state index contributed by atoms with van der Waals surface area (Å²) in [7, 11) is 0. The van der Waals surface area contributed by atoms with Gasteiger partial charge in [-0.3, -0.25) is 0 Å². The van der Waals surface area contributed by atoms with Crippen LogP contribution in [-0.2, 0) is 0 Å². The van der Waals surface area contributed by atoms with Gasteiger partial charge in [-0.15, -0.1) is 0 Å². The maximum atomic E-state index is 13.7. The molecule has 0 aromatic heterocycles. The molecule has 0 heterocycles. The minimum absolute atomic E-state index is 0.180. The van der Waals surface area contributed by atoms with Crippen LogP contribution in [0.25, 0.3) is 0 Å². The highest BCUT2D eigenvalue weighted by Gasteiger charge is 2.30. The van der Waals surface area contributed by atoms with Crippen molar-refractivity contribution in [1.82, 2.24) is 0 Å². The zero-order valence-electron chi connectivity index (χ0n) is 16.2. The molecule has 1 nitrogen and oxygen atoms in total. The third-order valence-corrected chi connectivity index (χ3v) is 6.78. The van der Waals surface area contributed by atoms with Crippen LogP contribution < -0.4 is 4.74 Å². The van der Waals surface area contributed by atoms with Crippen molar-refractivity contribution >= 4 is 0 Å². The summed E-state index contributed by atoms with van der Waals surface area (Å²) >= 11 is 0. The molecule has 1 aromatic carbocycles. The summed E-state index contributed by atoms with van der Waals surface area (Å²) in [5, 5.41) is 0. The van der Waals surface area contributed by atoms with Crippen LogP contribution in [0.3, 0.4) is 0 Å². The van der Waals surface area contributed by atoms with E-state index in [2.05, 4.69) is 6.92 Å². The van der Waals surface area contributed by atoms with Crippen molar-refractivity contribution in [2.45, 2.75) is 77.6 Å². The van der Waals surface area contributed by atoms with E-state index in [1.807, 2.05) is 0 Å². The monoisotopic (exact) mass is 364 g/mol. The van der Waals surface area contributed by atoms with Crippen molar-refractivity contribution < 1.29 is 13.5 Å². The van der Waals surface area contributed by atoms with E-state index in [-0.39, 0.29) is 5.75 Å². The predicted molar refractivity (Wildman–Crippen MR) is 102 cm³/mol. The predicted octanol–water partition coefficient (Wildman–Crippen LogP) is 7.15. The first-order valence-electron chi connectivity index (χ1n) is 10.7. The lowest BCUT2D eigenvalue weighted by Crippen LogP contribution is -2.27. The van der Waals surface area contributed by atoms with Gasteiger partial charge in [0.2, 0.25) is 0 Å². The smallest absolute Gasteiger partial charge is 0.167 e. The molecule has 0 atom stereocenters. The molecule has 0 saturated heterocycles. The molecule has 0 unspecified atom stereocenters. The van der Waals surface area contributed by atoms with Crippen molar-refractivity contribution in [3.8, 4) is 5.75 Å². The Labute approximate surface area is 157 Å². The second kappa shape index (κ2) is 9.71. The summed E-state index contributed by atoms with van der Waals surface area (Å²) in [5.74, 6) is 2.35. The van der Waals surface area contributed by atoms with Gasteiger partial charge in [0.25, 0.3) is 0 Å². The lowest BCUT2D eigenvalue weighted by molar-refractivity contribution is 0.120. The van der Waals surface area contributed by atoms with Crippen LogP contribution in [0.15, 0.2) is 18.2 Å². The molecule has 1 aromatic rings. The molecular weight excluding hydrogens is 330 g/mol. The number of halogens is 2. The average molecular weight is 365 g/mol. The molecule has 2 fully saturated rings. The van der Waals surface area contributed by atoms with Gasteiger partial charge in [-0.25, -0.2) is 8.78 Å². The Balaban J connectivity index is 1.37. The average Bonchev–Trinajstić information content (AvgIpc) is 2.66. The lowest BCUT2D eigenvalue weighted by atomic mass is 9.69. The molecule has 26 heavy (non-hydrogen) atoms. The highest BCUT2D eigenvalue weighted by Crippen LogP contribution is 2.42. The van der Waals surface area contributed by atoms with Crippen LogP contribution in [-0.4, -0.2) is 6.61 Å². The van der Waals surface area contributed by atoms with E-state index in [4.69, 9.17) is 4.74 Å². The Morgan fingerprint density at radius 2 is 1.50 bits per heavy atom. The fraction of sp³-hybridized carbons (Fsp3) is 0.739. The van der Waals surface area contributed by atoms with Gasteiger partial charge in [0.15, 0.2) is 11.6 Å². The highest BCUT2D eigenvalue weighted by molar-refractivity contribution is 5.24. The zero-order chi connectivity index (χ0) is 18.4. The molecular formula is C23H34F2O. The fourth-order valence-corrected chi connectivity index (χ4v) is 5.07. The van der Waals surface area contributed by atoms with Crippen molar-refractivity contribution in [2.24, 2.45) is 23.7 Å². The second-order valence-electron chi connectivity index (χ2n) is 8.59. The molecule has 0 amide bonds. The fourth-order valence-electron chi connectivity index (χ4n) is 5.07. The van der Waals surface area contributed by atoms with E-state index >= 15 is 0 Å². The van der Waals surface area contributed by atoms with Crippen molar-refractivity contribution in [3.05, 3.63) is 29.8 Å². The number of rotatable bonds is 7. The summed E-state index contributed by atoms with van der Waals surface area (Å²) in [6.07, 6.45) is 14.9. The Morgan fingerprint density at radius 1 is 0.885 bits per heavy atom. The summed E-state index contributed by atoms with van der Waals surface area (Å²) in [6, 6.07) is 3.54. The van der Waals surface area contributed by atoms with Crippen LogP contribution in [0.4, 0.5) is 8.78 Å². The Kier molecular flexibility index (Phi) is 7.33. The molecule has 0 N–H and O–H groups in total. The number of hydrogen-bond donors (Lipinski definition) is 0. The molecule has 0 spiro atoms. The van der Waals surface area contributed by atoms with Crippen molar-refractivity contribution in [3.63, 3.8) is 0 Å². The first-order valence-corrected chi connectivity index (χ1v) is 10.7. The van der Waals surface area contributed by atoms with E-state index < -0.39 is 11.6 Å². The molecule has 3 rings (SSSR count). The van der Waals surface area contributed by atoms with Crippen molar-refractivity contribution in [2.75, 3.05) is 6.61 Å². The largest absolute Gasteiger partial charge is 0.490 e. The van der Waals surface area contributed by atoms with Crippen LogP contribution >= 0.6 is 0 Å². The van der Waals surface area contributed by atoms with Gasteiger partial charge in [-0.05, 0) is 74.3 Å². The van der Waals surface area contributed by atoms with Crippen molar-refractivity contribution in [1.29, 1.82) is 0 Å².